The Morgan fingerprint density at radius 2 is 2.00 bits per heavy atom. The third-order valence-corrected chi connectivity index (χ3v) is 3.28. The third kappa shape index (κ3) is 1.82. The molecule has 1 atom stereocenters. The summed E-state index contributed by atoms with van der Waals surface area (Å²) in [4.78, 5) is 0. The molecular formula is C12H14F3N. The van der Waals surface area contributed by atoms with E-state index >= 15 is 0 Å². The van der Waals surface area contributed by atoms with Gasteiger partial charge in [-0.15, -0.1) is 0 Å². The lowest BCUT2D eigenvalue weighted by Crippen LogP contribution is -2.20. The molecule has 0 saturated heterocycles. The van der Waals surface area contributed by atoms with Crippen molar-refractivity contribution in [2.75, 3.05) is 0 Å². The lowest BCUT2D eigenvalue weighted by atomic mass is 9.84. The van der Waals surface area contributed by atoms with Crippen molar-refractivity contribution in [3.05, 3.63) is 34.4 Å². The van der Waals surface area contributed by atoms with Crippen molar-refractivity contribution < 1.29 is 13.2 Å². The molecule has 1 nitrogen and oxygen atoms in total. The van der Waals surface area contributed by atoms with Crippen molar-refractivity contribution in [1.29, 1.82) is 0 Å². The Kier molecular flexibility index (Phi) is 2.70. The number of hydrogen-bond donors (Lipinski definition) is 1. The highest BCUT2D eigenvalue weighted by molar-refractivity contribution is 5.44. The molecule has 0 aliphatic heterocycles. The van der Waals surface area contributed by atoms with Crippen LogP contribution in [0, 0.1) is 6.92 Å². The number of fused-ring (bicyclic) bond motifs is 1. The summed E-state index contributed by atoms with van der Waals surface area (Å²) in [6.07, 6.45) is -1.83. The first-order valence-corrected chi connectivity index (χ1v) is 5.36. The molecular weight excluding hydrogens is 215 g/mol. The van der Waals surface area contributed by atoms with Crippen molar-refractivity contribution in [2.45, 2.75) is 38.4 Å². The fraction of sp³-hybridized carbons (Fsp3) is 0.500. The van der Waals surface area contributed by atoms with Gasteiger partial charge in [0.05, 0.1) is 5.56 Å². The molecule has 88 valence electrons. The van der Waals surface area contributed by atoms with Crippen LogP contribution in [-0.2, 0) is 12.6 Å². The van der Waals surface area contributed by atoms with Gasteiger partial charge in [-0.25, -0.2) is 0 Å². The molecule has 4 heteroatoms. The van der Waals surface area contributed by atoms with E-state index in [-0.39, 0.29) is 6.04 Å². The van der Waals surface area contributed by atoms with Crippen molar-refractivity contribution in [3.8, 4) is 0 Å². The SMILES string of the molecule is Cc1c(C(F)(F)F)ccc2c1CCCC2N. The second-order valence-corrected chi connectivity index (χ2v) is 4.30. The molecule has 0 saturated carbocycles. The van der Waals surface area contributed by atoms with Gasteiger partial charge in [0, 0.05) is 6.04 Å². The largest absolute Gasteiger partial charge is 0.416 e. The van der Waals surface area contributed by atoms with Crippen LogP contribution in [0.25, 0.3) is 0 Å². The van der Waals surface area contributed by atoms with E-state index in [1.165, 1.54) is 6.07 Å². The molecule has 2 N–H and O–H groups in total. The van der Waals surface area contributed by atoms with Gasteiger partial charge < -0.3 is 5.73 Å². The van der Waals surface area contributed by atoms with E-state index in [0.717, 1.165) is 30.0 Å². The maximum absolute atomic E-state index is 12.7. The highest BCUT2D eigenvalue weighted by Gasteiger charge is 2.34. The van der Waals surface area contributed by atoms with Crippen LogP contribution >= 0.6 is 0 Å². The van der Waals surface area contributed by atoms with E-state index in [1.54, 1.807) is 6.92 Å². The van der Waals surface area contributed by atoms with Gasteiger partial charge in [-0.2, -0.15) is 13.2 Å². The molecule has 16 heavy (non-hydrogen) atoms. The predicted octanol–water partition coefficient (Wildman–Crippen LogP) is 3.35. The summed E-state index contributed by atoms with van der Waals surface area (Å²) in [5, 5.41) is 0. The van der Waals surface area contributed by atoms with Gasteiger partial charge in [-0.1, -0.05) is 6.07 Å². The maximum Gasteiger partial charge on any atom is 0.416 e. The molecule has 2 rings (SSSR count). The Morgan fingerprint density at radius 3 is 2.62 bits per heavy atom. The monoisotopic (exact) mass is 229 g/mol. The molecule has 0 fully saturated rings. The van der Waals surface area contributed by atoms with Gasteiger partial charge in [0.25, 0.3) is 0 Å². The lowest BCUT2D eigenvalue weighted by Gasteiger charge is -2.25. The number of benzene rings is 1. The normalized spacial score (nSPS) is 20.7. The van der Waals surface area contributed by atoms with Gasteiger partial charge in [-0.05, 0) is 48.9 Å². The van der Waals surface area contributed by atoms with E-state index in [1.807, 2.05) is 0 Å². The quantitative estimate of drug-likeness (QED) is 0.725. The predicted molar refractivity (Wildman–Crippen MR) is 56.0 cm³/mol. The topological polar surface area (TPSA) is 26.0 Å². The average molecular weight is 229 g/mol. The molecule has 1 aliphatic rings. The number of nitrogens with two attached hydrogens (primary N) is 1. The highest BCUT2D eigenvalue weighted by Crippen LogP contribution is 2.38. The van der Waals surface area contributed by atoms with Crippen molar-refractivity contribution in [1.82, 2.24) is 0 Å². The van der Waals surface area contributed by atoms with E-state index in [2.05, 4.69) is 0 Å². The summed E-state index contributed by atoms with van der Waals surface area (Å²) in [6.45, 7) is 1.54. The van der Waals surface area contributed by atoms with Crippen molar-refractivity contribution in [2.24, 2.45) is 5.73 Å². The molecule has 0 aromatic heterocycles. The van der Waals surface area contributed by atoms with Crippen LogP contribution in [0.4, 0.5) is 13.2 Å². The van der Waals surface area contributed by atoms with Crippen LogP contribution in [-0.4, -0.2) is 0 Å². The standard InChI is InChI=1S/C12H14F3N/c1-7-8-3-2-4-11(16)9(8)5-6-10(7)12(13,14)15/h5-6,11H,2-4,16H2,1H3. The summed E-state index contributed by atoms with van der Waals surface area (Å²) in [5.74, 6) is 0. The average Bonchev–Trinajstić information content (AvgIpc) is 2.18. The van der Waals surface area contributed by atoms with Crippen LogP contribution < -0.4 is 5.73 Å². The summed E-state index contributed by atoms with van der Waals surface area (Å²) >= 11 is 0. The van der Waals surface area contributed by atoms with Crippen LogP contribution in [0.3, 0.4) is 0 Å². The van der Waals surface area contributed by atoms with Crippen molar-refractivity contribution in [3.63, 3.8) is 0 Å². The second kappa shape index (κ2) is 3.77. The van der Waals surface area contributed by atoms with E-state index in [0.29, 0.717) is 12.0 Å². The van der Waals surface area contributed by atoms with Crippen LogP contribution in [0.15, 0.2) is 12.1 Å². The summed E-state index contributed by atoms with van der Waals surface area (Å²) in [7, 11) is 0. The lowest BCUT2D eigenvalue weighted by molar-refractivity contribution is -0.138. The minimum Gasteiger partial charge on any atom is -0.324 e. The fourth-order valence-electron chi connectivity index (χ4n) is 2.42. The molecule has 0 radical (unpaired) electrons. The first-order valence-electron chi connectivity index (χ1n) is 5.36. The van der Waals surface area contributed by atoms with Gasteiger partial charge in [0.2, 0.25) is 0 Å². The molecule has 1 aliphatic carbocycles. The van der Waals surface area contributed by atoms with Crippen LogP contribution in [0.2, 0.25) is 0 Å². The van der Waals surface area contributed by atoms with Crippen LogP contribution in [0.1, 0.15) is 41.1 Å². The Morgan fingerprint density at radius 1 is 1.31 bits per heavy atom. The number of hydrogen-bond acceptors (Lipinski definition) is 1. The van der Waals surface area contributed by atoms with E-state index in [9.17, 15) is 13.2 Å². The Bertz CT molecular complexity index is 409. The van der Waals surface area contributed by atoms with E-state index in [4.69, 9.17) is 5.73 Å². The van der Waals surface area contributed by atoms with Gasteiger partial charge in [0.1, 0.15) is 0 Å². The van der Waals surface area contributed by atoms with E-state index < -0.39 is 11.7 Å². The van der Waals surface area contributed by atoms with Gasteiger partial charge >= 0.3 is 6.18 Å². The van der Waals surface area contributed by atoms with Crippen LogP contribution in [0.5, 0.6) is 0 Å². The minimum absolute atomic E-state index is 0.107. The number of alkyl halides is 3. The Balaban J connectivity index is 2.55. The molecule has 0 spiro atoms. The molecule has 1 aromatic carbocycles. The molecule has 0 bridgehead atoms. The molecule has 1 unspecified atom stereocenters. The minimum atomic E-state index is -4.26. The Hall–Kier alpha value is -1.03. The first-order chi connectivity index (χ1) is 7.41. The van der Waals surface area contributed by atoms with Crippen molar-refractivity contribution >= 4 is 0 Å². The molecule has 1 aromatic rings. The zero-order valence-electron chi connectivity index (χ0n) is 9.06. The zero-order chi connectivity index (χ0) is 11.9. The fourth-order valence-corrected chi connectivity index (χ4v) is 2.42. The molecule has 0 amide bonds. The zero-order valence-corrected chi connectivity index (χ0v) is 9.06. The number of rotatable bonds is 0. The third-order valence-electron chi connectivity index (χ3n) is 3.28. The number of halogens is 3. The summed E-state index contributed by atoms with van der Waals surface area (Å²) < 4.78 is 38.1. The smallest absolute Gasteiger partial charge is 0.324 e. The maximum atomic E-state index is 12.7. The Labute approximate surface area is 92.5 Å². The highest BCUT2D eigenvalue weighted by atomic mass is 19.4. The van der Waals surface area contributed by atoms with Gasteiger partial charge in [0.15, 0.2) is 0 Å². The molecule has 0 heterocycles. The first kappa shape index (κ1) is 11.5. The summed E-state index contributed by atoms with van der Waals surface area (Å²) in [6, 6.07) is 2.58. The summed E-state index contributed by atoms with van der Waals surface area (Å²) in [5.41, 5.74) is 7.40. The van der Waals surface area contributed by atoms with Gasteiger partial charge in [-0.3, -0.25) is 0 Å². The second-order valence-electron chi connectivity index (χ2n) is 4.30.